The molecule has 2 aromatic carbocycles. The fourth-order valence-electron chi connectivity index (χ4n) is 5.01. The number of ether oxygens (including phenoxy) is 2. The molecule has 0 bridgehead atoms. The largest absolute Gasteiger partial charge is 0.467 e. The standard InChI is InChI=1S/C27H31NO4/c1-4-5-10-19-15-18(2)16-25(26(29)31-3)28(19)27(30)32-17-24-22-13-8-6-11-20(22)21-12-7-9-14-23(21)24/h6-9,11-15,19,24-25H,4-5,10,16-17H2,1-3H3/t19-,25-/m0/s1. The number of nitrogens with zero attached hydrogens (tertiary/aromatic N) is 1. The summed E-state index contributed by atoms with van der Waals surface area (Å²) in [6.45, 7) is 4.36. The average Bonchev–Trinajstić information content (AvgIpc) is 3.14. The fourth-order valence-corrected chi connectivity index (χ4v) is 5.01. The van der Waals surface area contributed by atoms with Crippen molar-refractivity contribution in [2.24, 2.45) is 0 Å². The number of esters is 1. The van der Waals surface area contributed by atoms with Gasteiger partial charge in [-0.1, -0.05) is 79.9 Å². The van der Waals surface area contributed by atoms with Crippen molar-refractivity contribution in [3.8, 4) is 11.1 Å². The predicted octanol–water partition coefficient (Wildman–Crippen LogP) is 5.69. The van der Waals surface area contributed by atoms with E-state index in [1.165, 1.54) is 29.4 Å². The number of carbonyl (C=O) groups is 2. The molecule has 32 heavy (non-hydrogen) atoms. The number of carbonyl (C=O) groups excluding carboxylic acids is 2. The van der Waals surface area contributed by atoms with Crippen LogP contribution in [0.15, 0.2) is 60.2 Å². The summed E-state index contributed by atoms with van der Waals surface area (Å²) in [7, 11) is 1.37. The molecule has 5 nitrogen and oxygen atoms in total. The van der Waals surface area contributed by atoms with Crippen molar-refractivity contribution in [3.05, 3.63) is 71.3 Å². The van der Waals surface area contributed by atoms with Crippen LogP contribution in [0.1, 0.15) is 56.6 Å². The molecule has 0 spiro atoms. The molecule has 0 N–H and O–H groups in total. The van der Waals surface area contributed by atoms with E-state index in [1.807, 2.05) is 31.2 Å². The average molecular weight is 434 g/mol. The first-order chi connectivity index (χ1) is 15.5. The van der Waals surface area contributed by atoms with Crippen LogP contribution in [0.3, 0.4) is 0 Å². The minimum atomic E-state index is -0.650. The third-order valence-corrected chi connectivity index (χ3v) is 6.56. The number of unbranched alkanes of at least 4 members (excludes halogenated alkanes) is 1. The van der Waals surface area contributed by atoms with E-state index in [0.29, 0.717) is 6.42 Å². The lowest BCUT2D eigenvalue weighted by Crippen LogP contribution is -2.53. The first-order valence-electron chi connectivity index (χ1n) is 11.4. The summed E-state index contributed by atoms with van der Waals surface area (Å²) < 4.78 is 10.9. The highest BCUT2D eigenvalue weighted by molar-refractivity contribution is 5.83. The third-order valence-electron chi connectivity index (χ3n) is 6.56. The van der Waals surface area contributed by atoms with Gasteiger partial charge in [-0.25, -0.2) is 9.59 Å². The van der Waals surface area contributed by atoms with Gasteiger partial charge in [-0.05, 0) is 42.0 Å². The van der Waals surface area contributed by atoms with Crippen LogP contribution in [0.25, 0.3) is 11.1 Å². The maximum Gasteiger partial charge on any atom is 0.411 e. The summed E-state index contributed by atoms with van der Waals surface area (Å²) in [5, 5.41) is 0. The first-order valence-corrected chi connectivity index (χ1v) is 11.4. The molecule has 4 rings (SSSR count). The minimum Gasteiger partial charge on any atom is -0.467 e. The molecule has 1 aliphatic heterocycles. The van der Waals surface area contributed by atoms with Crippen molar-refractivity contribution in [2.75, 3.05) is 13.7 Å². The van der Waals surface area contributed by atoms with Crippen LogP contribution in [0, 0.1) is 0 Å². The number of fused-ring (bicyclic) bond motifs is 3. The second kappa shape index (κ2) is 9.60. The van der Waals surface area contributed by atoms with E-state index in [1.54, 1.807) is 4.90 Å². The number of hydrogen-bond donors (Lipinski definition) is 0. The van der Waals surface area contributed by atoms with E-state index < -0.39 is 18.1 Å². The lowest BCUT2D eigenvalue weighted by atomic mass is 9.94. The Labute approximate surface area is 190 Å². The van der Waals surface area contributed by atoms with E-state index in [-0.39, 0.29) is 18.6 Å². The first kappa shape index (κ1) is 22.1. The summed E-state index contributed by atoms with van der Waals surface area (Å²) >= 11 is 0. The maximum absolute atomic E-state index is 13.4. The minimum absolute atomic E-state index is 0.0147. The molecule has 0 saturated carbocycles. The highest BCUT2D eigenvalue weighted by Gasteiger charge is 2.39. The van der Waals surface area contributed by atoms with Gasteiger partial charge in [0.25, 0.3) is 0 Å². The molecule has 5 heteroatoms. The van der Waals surface area contributed by atoms with Crippen LogP contribution in [0.5, 0.6) is 0 Å². The van der Waals surface area contributed by atoms with E-state index in [2.05, 4.69) is 37.3 Å². The van der Waals surface area contributed by atoms with Crippen LogP contribution >= 0.6 is 0 Å². The van der Waals surface area contributed by atoms with Crippen molar-refractivity contribution >= 4 is 12.1 Å². The molecule has 0 fully saturated rings. The van der Waals surface area contributed by atoms with Crippen LogP contribution in [0.4, 0.5) is 4.79 Å². The monoisotopic (exact) mass is 433 g/mol. The van der Waals surface area contributed by atoms with Gasteiger partial charge in [-0.2, -0.15) is 0 Å². The summed E-state index contributed by atoms with van der Waals surface area (Å²) in [5.41, 5.74) is 5.82. The third kappa shape index (κ3) is 4.16. The summed E-state index contributed by atoms with van der Waals surface area (Å²) in [6, 6.07) is 15.7. The Morgan fingerprint density at radius 1 is 1.03 bits per heavy atom. The zero-order valence-corrected chi connectivity index (χ0v) is 19.0. The second-order valence-corrected chi connectivity index (χ2v) is 8.68. The van der Waals surface area contributed by atoms with E-state index in [9.17, 15) is 9.59 Å². The molecule has 0 saturated heterocycles. The molecular formula is C27H31NO4. The van der Waals surface area contributed by atoms with Gasteiger partial charge in [0.15, 0.2) is 0 Å². The van der Waals surface area contributed by atoms with E-state index in [4.69, 9.17) is 9.47 Å². The van der Waals surface area contributed by atoms with Gasteiger partial charge in [-0.15, -0.1) is 0 Å². The molecule has 168 valence electrons. The van der Waals surface area contributed by atoms with Gasteiger partial charge < -0.3 is 9.47 Å². The van der Waals surface area contributed by atoms with Gasteiger partial charge >= 0.3 is 12.1 Å². The Kier molecular flexibility index (Phi) is 6.63. The molecule has 2 aromatic rings. The zero-order valence-electron chi connectivity index (χ0n) is 19.0. The topological polar surface area (TPSA) is 55.8 Å². The molecule has 2 atom stereocenters. The predicted molar refractivity (Wildman–Crippen MR) is 124 cm³/mol. The molecule has 0 aromatic heterocycles. The Bertz CT molecular complexity index is 982. The van der Waals surface area contributed by atoms with Crippen molar-refractivity contribution in [2.45, 2.75) is 57.5 Å². The van der Waals surface area contributed by atoms with Crippen molar-refractivity contribution < 1.29 is 19.1 Å². The van der Waals surface area contributed by atoms with Gasteiger partial charge in [0.2, 0.25) is 0 Å². The lowest BCUT2D eigenvalue weighted by molar-refractivity contribution is -0.147. The summed E-state index contributed by atoms with van der Waals surface area (Å²) in [5.74, 6) is -0.411. The molecular weight excluding hydrogens is 402 g/mol. The number of hydrogen-bond acceptors (Lipinski definition) is 4. The van der Waals surface area contributed by atoms with Crippen molar-refractivity contribution in [3.63, 3.8) is 0 Å². The Morgan fingerprint density at radius 3 is 2.25 bits per heavy atom. The molecule has 1 heterocycles. The number of amides is 1. The normalized spacial score (nSPS) is 19.7. The SMILES string of the molecule is CCCC[C@H]1C=C(C)C[C@@H](C(=O)OC)N1C(=O)OCC1c2ccccc2-c2ccccc21. The molecule has 1 amide bonds. The Balaban J connectivity index is 1.57. The maximum atomic E-state index is 13.4. The number of benzene rings is 2. The number of methoxy groups -OCH3 is 1. The van der Waals surface area contributed by atoms with Crippen molar-refractivity contribution in [1.82, 2.24) is 4.90 Å². The van der Waals surface area contributed by atoms with E-state index >= 15 is 0 Å². The second-order valence-electron chi connectivity index (χ2n) is 8.68. The highest BCUT2D eigenvalue weighted by atomic mass is 16.6. The Hall–Kier alpha value is -3.08. The van der Waals surface area contributed by atoms with Crippen LogP contribution in [0.2, 0.25) is 0 Å². The Morgan fingerprint density at radius 2 is 1.66 bits per heavy atom. The number of rotatable bonds is 6. The van der Waals surface area contributed by atoms with Gasteiger partial charge in [0.05, 0.1) is 13.2 Å². The quantitative estimate of drug-likeness (QED) is 0.434. The lowest BCUT2D eigenvalue weighted by Gasteiger charge is -2.38. The fraction of sp³-hybridized carbons (Fsp3) is 0.407. The summed E-state index contributed by atoms with van der Waals surface area (Å²) in [4.78, 5) is 27.5. The van der Waals surface area contributed by atoms with Crippen molar-refractivity contribution in [1.29, 1.82) is 0 Å². The van der Waals surface area contributed by atoms with Crippen LogP contribution in [-0.2, 0) is 14.3 Å². The molecule has 0 unspecified atom stereocenters. The highest BCUT2D eigenvalue weighted by Crippen LogP contribution is 2.44. The summed E-state index contributed by atoms with van der Waals surface area (Å²) in [6.07, 6.45) is 4.90. The molecule has 0 radical (unpaired) electrons. The van der Waals surface area contributed by atoms with Crippen LogP contribution < -0.4 is 0 Å². The van der Waals surface area contributed by atoms with Crippen LogP contribution in [-0.4, -0.2) is 42.8 Å². The zero-order chi connectivity index (χ0) is 22.7. The molecule has 2 aliphatic rings. The molecule has 1 aliphatic carbocycles. The van der Waals surface area contributed by atoms with E-state index in [0.717, 1.165) is 24.8 Å². The van der Waals surface area contributed by atoms with Gasteiger partial charge in [-0.3, -0.25) is 4.90 Å². The smallest absolute Gasteiger partial charge is 0.411 e. The van der Waals surface area contributed by atoms with Gasteiger partial charge in [0, 0.05) is 5.92 Å². The van der Waals surface area contributed by atoms with Gasteiger partial charge in [0.1, 0.15) is 12.6 Å².